The summed E-state index contributed by atoms with van der Waals surface area (Å²) in [4.78, 5) is 13.3. The van der Waals surface area contributed by atoms with Crippen LogP contribution in [-0.4, -0.2) is 23.9 Å². The van der Waals surface area contributed by atoms with Crippen LogP contribution < -0.4 is 0 Å². The molecular formula is C12H12F3NO. The molecule has 0 aromatic heterocycles. The van der Waals surface area contributed by atoms with Gasteiger partial charge >= 0.3 is 0 Å². The van der Waals surface area contributed by atoms with Crippen molar-refractivity contribution in [3.05, 3.63) is 35.1 Å². The van der Waals surface area contributed by atoms with Gasteiger partial charge in [-0.15, -0.1) is 0 Å². The summed E-state index contributed by atoms with van der Waals surface area (Å²) in [7, 11) is 1.59. The molecule has 5 heteroatoms. The highest BCUT2D eigenvalue weighted by Gasteiger charge is 2.27. The molecule has 1 aliphatic carbocycles. The van der Waals surface area contributed by atoms with Gasteiger partial charge in [-0.3, -0.25) is 4.79 Å². The van der Waals surface area contributed by atoms with E-state index in [4.69, 9.17) is 0 Å². The summed E-state index contributed by atoms with van der Waals surface area (Å²) in [6.45, 7) is 0. The fraction of sp³-hybridized carbons (Fsp3) is 0.417. The van der Waals surface area contributed by atoms with Crippen molar-refractivity contribution >= 4 is 5.91 Å². The number of carbonyl (C=O) groups is 1. The number of nitrogens with zero attached hydrogens (tertiary/aromatic N) is 1. The topological polar surface area (TPSA) is 20.3 Å². The van der Waals surface area contributed by atoms with Crippen LogP contribution in [0.4, 0.5) is 13.2 Å². The lowest BCUT2D eigenvalue weighted by molar-refractivity contribution is 0.0650. The molecule has 0 aliphatic heterocycles. The first kappa shape index (κ1) is 12.0. The van der Waals surface area contributed by atoms with Gasteiger partial charge in [-0.1, -0.05) is 0 Å². The molecular weight excluding hydrogens is 231 g/mol. The van der Waals surface area contributed by atoms with Crippen LogP contribution in [0.5, 0.6) is 0 Å². The summed E-state index contributed by atoms with van der Waals surface area (Å²) >= 11 is 0. The molecule has 17 heavy (non-hydrogen) atoms. The van der Waals surface area contributed by atoms with E-state index in [0.29, 0.717) is 0 Å². The summed E-state index contributed by atoms with van der Waals surface area (Å²) < 4.78 is 38.7. The van der Waals surface area contributed by atoms with Crippen LogP contribution in [0, 0.1) is 17.5 Å². The predicted octanol–water partition coefficient (Wildman–Crippen LogP) is 2.73. The second kappa shape index (κ2) is 4.39. The molecule has 2 nitrogen and oxygen atoms in total. The molecule has 0 heterocycles. The highest BCUT2D eigenvalue weighted by atomic mass is 19.2. The van der Waals surface area contributed by atoms with E-state index >= 15 is 0 Å². The molecule has 0 unspecified atom stereocenters. The quantitative estimate of drug-likeness (QED) is 0.731. The molecule has 1 saturated carbocycles. The maximum Gasteiger partial charge on any atom is 0.254 e. The van der Waals surface area contributed by atoms with E-state index in [0.717, 1.165) is 31.4 Å². The van der Waals surface area contributed by atoms with Gasteiger partial charge in [0.1, 0.15) is 0 Å². The summed E-state index contributed by atoms with van der Waals surface area (Å²) in [5.41, 5.74) is -0.157. The fourth-order valence-electron chi connectivity index (χ4n) is 1.82. The Hall–Kier alpha value is -1.52. The van der Waals surface area contributed by atoms with Crippen LogP contribution in [0.25, 0.3) is 0 Å². The Morgan fingerprint density at radius 3 is 2.18 bits per heavy atom. The maximum absolute atomic E-state index is 13.0. The summed E-state index contributed by atoms with van der Waals surface area (Å²) in [5, 5.41) is 0. The van der Waals surface area contributed by atoms with Crippen molar-refractivity contribution in [3.8, 4) is 0 Å². The monoisotopic (exact) mass is 243 g/mol. The molecule has 1 aromatic carbocycles. The lowest BCUT2D eigenvalue weighted by Gasteiger charge is -2.34. The molecule has 1 amide bonds. The average Bonchev–Trinajstić information content (AvgIpc) is 2.21. The zero-order valence-corrected chi connectivity index (χ0v) is 9.34. The van der Waals surface area contributed by atoms with E-state index in [1.165, 1.54) is 4.90 Å². The van der Waals surface area contributed by atoms with Crippen LogP contribution in [0.15, 0.2) is 12.1 Å². The average molecular weight is 243 g/mol. The first-order valence-electron chi connectivity index (χ1n) is 5.42. The Bertz CT molecular complexity index is 434. The van der Waals surface area contributed by atoms with Crippen molar-refractivity contribution in [2.24, 2.45) is 0 Å². The van der Waals surface area contributed by atoms with E-state index < -0.39 is 23.4 Å². The van der Waals surface area contributed by atoms with Crippen molar-refractivity contribution in [3.63, 3.8) is 0 Å². The summed E-state index contributed by atoms with van der Waals surface area (Å²) in [5.74, 6) is -4.70. The van der Waals surface area contributed by atoms with Crippen molar-refractivity contribution < 1.29 is 18.0 Å². The zero-order chi connectivity index (χ0) is 12.6. The van der Waals surface area contributed by atoms with Crippen LogP contribution in [-0.2, 0) is 0 Å². The summed E-state index contributed by atoms with van der Waals surface area (Å²) in [6, 6.07) is 1.59. The number of benzene rings is 1. The minimum Gasteiger partial charge on any atom is -0.339 e. The third-order valence-corrected chi connectivity index (χ3v) is 3.17. The van der Waals surface area contributed by atoms with Gasteiger partial charge in [0.05, 0.1) is 0 Å². The number of rotatable bonds is 2. The van der Waals surface area contributed by atoms with Gasteiger partial charge in [-0.2, -0.15) is 0 Å². The van der Waals surface area contributed by atoms with Gasteiger partial charge in [-0.05, 0) is 31.4 Å². The number of amides is 1. The van der Waals surface area contributed by atoms with Gasteiger partial charge in [0.15, 0.2) is 17.5 Å². The number of carbonyl (C=O) groups excluding carboxylic acids is 1. The van der Waals surface area contributed by atoms with Crippen LogP contribution in [0.2, 0.25) is 0 Å². The fourth-order valence-corrected chi connectivity index (χ4v) is 1.82. The Morgan fingerprint density at radius 1 is 1.24 bits per heavy atom. The van der Waals surface area contributed by atoms with E-state index in [1.807, 2.05) is 0 Å². The molecule has 0 bridgehead atoms. The van der Waals surface area contributed by atoms with E-state index in [1.54, 1.807) is 7.05 Å². The van der Waals surface area contributed by atoms with Gasteiger partial charge in [0.2, 0.25) is 0 Å². The largest absolute Gasteiger partial charge is 0.339 e. The van der Waals surface area contributed by atoms with E-state index in [2.05, 4.69) is 0 Å². The molecule has 92 valence electrons. The lowest BCUT2D eigenvalue weighted by Crippen LogP contribution is -2.41. The second-order valence-electron chi connectivity index (χ2n) is 4.25. The molecule has 2 rings (SSSR count). The molecule has 0 saturated heterocycles. The first-order valence-corrected chi connectivity index (χ1v) is 5.42. The number of hydrogen-bond donors (Lipinski definition) is 0. The Balaban J connectivity index is 2.24. The van der Waals surface area contributed by atoms with Crippen molar-refractivity contribution in [2.75, 3.05) is 7.05 Å². The van der Waals surface area contributed by atoms with Crippen molar-refractivity contribution in [2.45, 2.75) is 25.3 Å². The van der Waals surface area contributed by atoms with Crippen molar-refractivity contribution in [1.82, 2.24) is 4.90 Å². The zero-order valence-electron chi connectivity index (χ0n) is 9.34. The van der Waals surface area contributed by atoms with Gasteiger partial charge in [-0.25, -0.2) is 13.2 Å². The minimum atomic E-state index is -1.55. The molecule has 1 fully saturated rings. The standard InChI is InChI=1S/C12H12F3NO/c1-16(8-3-2-4-8)12(17)7-5-9(13)11(15)10(14)6-7/h5-6,8H,2-4H2,1H3. The molecule has 1 aromatic rings. The van der Waals surface area contributed by atoms with Crippen LogP contribution in [0.1, 0.15) is 29.6 Å². The summed E-state index contributed by atoms with van der Waals surface area (Å²) in [6.07, 6.45) is 2.84. The molecule has 1 aliphatic rings. The van der Waals surface area contributed by atoms with E-state index in [-0.39, 0.29) is 11.6 Å². The van der Waals surface area contributed by atoms with Crippen molar-refractivity contribution in [1.29, 1.82) is 0 Å². The maximum atomic E-state index is 13.0. The highest BCUT2D eigenvalue weighted by Crippen LogP contribution is 2.25. The van der Waals surface area contributed by atoms with Crippen LogP contribution >= 0.6 is 0 Å². The van der Waals surface area contributed by atoms with Gasteiger partial charge < -0.3 is 4.90 Å². The Labute approximate surface area is 97.0 Å². The Morgan fingerprint density at radius 2 is 1.76 bits per heavy atom. The molecule has 0 radical (unpaired) electrons. The molecule has 0 spiro atoms. The van der Waals surface area contributed by atoms with Gasteiger partial charge in [0, 0.05) is 18.7 Å². The second-order valence-corrected chi connectivity index (χ2v) is 4.25. The van der Waals surface area contributed by atoms with E-state index in [9.17, 15) is 18.0 Å². The molecule has 0 N–H and O–H groups in total. The van der Waals surface area contributed by atoms with Crippen LogP contribution in [0.3, 0.4) is 0 Å². The first-order chi connectivity index (χ1) is 8.00. The number of hydrogen-bond acceptors (Lipinski definition) is 1. The van der Waals surface area contributed by atoms with Gasteiger partial charge in [0.25, 0.3) is 5.91 Å². The Kier molecular flexibility index (Phi) is 3.09. The predicted molar refractivity (Wildman–Crippen MR) is 56.0 cm³/mol. The highest BCUT2D eigenvalue weighted by molar-refractivity contribution is 5.94. The normalized spacial score (nSPS) is 15.5. The molecule has 0 atom stereocenters. The third kappa shape index (κ3) is 2.14. The third-order valence-electron chi connectivity index (χ3n) is 3.17. The number of halogens is 3. The lowest BCUT2D eigenvalue weighted by atomic mass is 9.91. The SMILES string of the molecule is CN(C(=O)c1cc(F)c(F)c(F)c1)C1CCC1. The smallest absolute Gasteiger partial charge is 0.254 e. The minimum absolute atomic E-state index is 0.124.